The summed E-state index contributed by atoms with van der Waals surface area (Å²) in [5.74, 6) is 0.223. The van der Waals surface area contributed by atoms with Gasteiger partial charge in [0, 0.05) is 26.2 Å². The first-order valence-electron chi connectivity index (χ1n) is 5.10. The second kappa shape index (κ2) is 5.31. The van der Waals surface area contributed by atoms with Crippen LogP contribution in [0, 0.1) is 3.57 Å². The van der Waals surface area contributed by atoms with Crippen LogP contribution in [-0.4, -0.2) is 5.78 Å². The molecule has 1 N–H and O–H groups in total. The zero-order valence-electron chi connectivity index (χ0n) is 8.59. The fraction of sp³-hybridized carbons (Fsp3) is 0.250. The third kappa shape index (κ3) is 3.07. The molecule has 84 valence electrons. The first kappa shape index (κ1) is 12.1. The summed E-state index contributed by atoms with van der Waals surface area (Å²) < 4.78 is 2.21. The van der Waals surface area contributed by atoms with Crippen molar-refractivity contribution in [2.75, 3.05) is 5.32 Å². The molecule has 0 unspecified atom stereocenters. The van der Waals surface area contributed by atoms with Crippen LogP contribution in [0.4, 0.5) is 5.69 Å². The van der Waals surface area contributed by atoms with E-state index in [1.54, 1.807) is 6.08 Å². The number of anilines is 1. The van der Waals surface area contributed by atoms with E-state index in [1.165, 1.54) is 0 Å². The van der Waals surface area contributed by atoms with E-state index in [0.717, 1.165) is 32.3 Å². The molecule has 1 aliphatic rings. The molecule has 1 aromatic rings. The van der Waals surface area contributed by atoms with Crippen molar-refractivity contribution < 1.29 is 4.79 Å². The Hall–Kier alpha value is -0.360. The molecule has 0 fully saturated rings. The van der Waals surface area contributed by atoms with Crippen LogP contribution in [0.5, 0.6) is 0 Å². The third-order valence-electron chi connectivity index (χ3n) is 2.43. The summed E-state index contributed by atoms with van der Waals surface area (Å²) in [5.41, 5.74) is 2.08. The van der Waals surface area contributed by atoms with Crippen molar-refractivity contribution >= 4 is 50.0 Å². The Kier molecular flexibility index (Phi) is 4.02. The molecule has 0 spiro atoms. The number of carbonyl (C=O) groups excluding carboxylic acids is 1. The third-order valence-corrected chi connectivity index (χ3v) is 3.82. The van der Waals surface area contributed by atoms with Crippen LogP contribution >= 0.6 is 38.5 Å². The van der Waals surface area contributed by atoms with Gasteiger partial charge in [0.15, 0.2) is 5.78 Å². The Bertz CT molecular complexity index is 456. The van der Waals surface area contributed by atoms with Crippen LogP contribution in [-0.2, 0) is 4.79 Å². The summed E-state index contributed by atoms with van der Waals surface area (Å²) in [6.45, 7) is 0. The predicted octanol–water partition coefficient (Wildman–Crippen LogP) is 4.10. The van der Waals surface area contributed by atoms with Crippen molar-refractivity contribution in [3.63, 3.8) is 0 Å². The largest absolute Gasteiger partial charge is 0.358 e. The predicted molar refractivity (Wildman–Crippen MR) is 77.4 cm³/mol. The van der Waals surface area contributed by atoms with E-state index in [1.807, 2.05) is 18.2 Å². The van der Waals surface area contributed by atoms with Crippen LogP contribution in [0.15, 0.2) is 34.4 Å². The maximum atomic E-state index is 11.3. The summed E-state index contributed by atoms with van der Waals surface area (Å²) in [7, 11) is 0. The minimum Gasteiger partial charge on any atom is -0.358 e. The lowest BCUT2D eigenvalue weighted by Gasteiger charge is -2.15. The fourth-order valence-electron chi connectivity index (χ4n) is 1.65. The maximum absolute atomic E-state index is 11.3. The Morgan fingerprint density at radius 1 is 1.31 bits per heavy atom. The fourth-order valence-corrected chi connectivity index (χ4v) is 3.09. The number of benzene rings is 1. The molecule has 0 aromatic heterocycles. The molecule has 0 amide bonds. The van der Waals surface area contributed by atoms with E-state index < -0.39 is 0 Å². The van der Waals surface area contributed by atoms with Crippen molar-refractivity contribution in [3.05, 3.63) is 38.0 Å². The normalized spacial score (nSPS) is 15.9. The molecule has 0 radical (unpaired) electrons. The summed E-state index contributed by atoms with van der Waals surface area (Å²) in [6, 6.07) is 6.07. The SMILES string of the molecule is O=C1C=C(Nc2ccc(Br)cc2I)CCC1. The number of ketones is 1. The van der Waals surface area contributed by atoms with E-state index in [4.69, 9.17) is 0 Å². The quantitative estimate of drug-likeness (QED) is 0.769. The molecular formula is C12H11BrINO. The number of hydrogen-bond donors (Lipinski definition) is 1. The molecule has 0 saturated carbocycles. The van der Waals surface area contributed by atoms with E-state index in [9.17, 15) is 4.79 Å². The van der Waals surface area contributed by atoms with Gasteiger partial charge in [0.2, 0.25) is 0 Å². The van der Waals surface area contributed by atoms with Gasteiger partial charge in [-0.05, 0) is 53.6 Å². The summed E-state index contributed by atoms with van der Waals surface area (Å²) in [4.78, 5) is 11.3. The molecule has 4 heteroatoms. The van der Waals surface area contributed by atoms with Crippen molar-refractivity contribution in [2.24, 2.45) is 0 Å². The van der Waals surface area contributed by atoms with Gasteiger partial charge >= 0.3 is 0 Å². The van der Waals surface area contributed by atoms with Gasteiger partial charge in [-0.2, -0.15) is 0 Å². The average Bonchev–Trinajstić information content (AvgIpc) is 2.22. The maximum Gasteiger partial charge on any atom is 0.157 e. The molecular weight excluding hydrogens is 381 g/mol. The second-order valence-corrected chi connectivity index (χ2v) is 5.82. The van der Waals surface area contributed by atoms with Crippen molar-refractivity contribution in [2.45, 2.75) is 19.3 Å². The van der Waals surface area contributed by atoms with Gasteiger partial charge in [-0.15, -0.1) is 0 Å². The van der Waals surface area contributed by atoms with Gasteiger partial charge in [0.1, 0.15) is 0 Å². The molecule has 2 rings (SSSR count). The summed E-state index contributed by atoms with van der Waals surface area (Å²) in [5, 5.41) is 3.32. The zero-order chi connectivity index (χ0) is 11.5. The Morgan fingerprint density at radius 3 is 2.81 bits per heavy atom. The van der Waals surface area contributed by atoms with Gasteiger partial charge in [-0.25, -0.2) is 0 Å². The second-order valence-electron chi connectivity index (χ2n) is 3.74. The highest BCUT2D eigenvalue weighted by molar-refractivity contribution is 14.1. The van der Waals surface area contributed by atoms with Crippen molar-refractivity contribution in [1.82, 2.24) is 0 Å². The molecule has 16 heavy (non-hydrogen) atoms. The Morgan fingerprint density at radius 2 is 2.12 bits per heavy atom. The molecule has 1 aromatic carbocycles. The number of nitrogens with one attached hydrogen (secondary N) is 1. The lowest BCUT2D eigenvalue weighted by molar-refractivity contribution is -0.115. The van der Waals surface area contributed by atoms with Gasteiger partial charge in [0.05, 0.1) is 5.69 Å². The van der Waals surface area contributed by atoms with Gasteiger partial charge in [-0.1, -0.05) is 15.9 Å². The number of rotatable bonds is 2. The zero-order valence-corrected chi connectivity index (χ0v) is 12.3. The number of carbonyl (C=O) groups is 1. The monoisotopic (exact) mass is 391 g/mol. The van der Waals surface area contributed by atoms with E-state index in [-0.39, 0.29) is 5.78 Å². The number of allylic oxidation sites excluding steroid dienone is 2. The minimum absolute atomic E-state index is 0.223. The Balaban J connectivity index is 2.17. The lowest BCUT2D eigenvalue weighted by atomic mass is 10.0. The molecule has 0 saturated heterocycles. The van der Waals surface area contributed by atoms with Gasteiger partial charge in [-0.3, -0.25) is 4.79 Å². The van der Waals surface area contributed by atoms with Gasteiger partial charge < -0.3 is 5.32 Å². The van der Waals surface area contributed by atoms with Gasteiger partial charge in [0.25, 0.3) is 0 Å². The topological polar surface area (TPSA) is 29.1 Å². The van der Waals surface area contributed by atoms with Crippen molar-refractivity contribution in [3.8, 4) is 0 Å². The smallest absolute Gasteiger partial charge is 0.157 e. The molecule has 1 aliphatic carbocycles. The Labute approximate surface area is 117 Å². The van der Waals surface area contributed by atoms with Crippen LogP contribution in [0.1, 0.15) is 19.3 Å². The lowest BCUT2D eigenvalue weighted by Crippen LogP contribution is -2.09. The highest BCUT2D eigenvalue weighted by Gasteiger charge is 2.10. The van der Waals surface area contributed by atoms with Crippen molar-refractivity contribution in [1.29, 1.82) is 0 Å². The standard InChI is InChI=1S/C12H11BrINO/c13-8-4-5-12(11(14)6-8)15-9-2-1-3-10(16)7-9/h4-7,15H,1-3H2. The van der Waals surface area contributed by atoms with E-state index in [2.05, 4.69) is 43.8 Å². The van der Waals surface area contributed by atoms with E-state index >= 15 is 0 Å². The first-order valence-corrected chi connectivity index (χ1v) is 6.98. The number of hydrogen-bond acceptors (Lipinski definition) is 2. The van der Waals surface area contributed by atoms with Crippen LogP contribution < -0.4 is 5.32 Å². The highest BCUT2D eigenvalue weighted by Crippen LogP contribution is 2.25. The van der Waals surface area contributed by atoms with Crippen LogP contribution in [0.3, 0.4) is 0 Å². The highest BCUT2D eigenvalue weighted by atomic mass is 127. The van der Waals surface area contributed by atoms with E-state index in [0.29, 0.717) is 6.42 Å². The molecule has 0 heterocycles. The molecule has 0 bridgehead atoms. The summed E-state index contributed by atoms with van der Waals surface area (Å²) in [6.07, 6.45) is 4.31. The molecule has 0 atom stereocenters. The average molecular weight is 392 g/mol. The molecule has 2 nitrogen and oxygen atoms in total. The van der Waals surface area contributed by atoms with Crippen LogP contribution in [0.2, 0.25) is 0 Å². The minimum atomic E-state index is 0.223. The summed E-state index contributed by atoms with van der Waals surface area (Å²) >= 11 is 5.71. The molecule has 0 aliphatic heterocycles. The van der Waals surface area contributed by atoms with Crippen LogP contribution in [0.25, 0.3) is 0 Å². The first-order chi connectivity index (χ1) is 7.65. The number of halogens is 2.